The van der Waals surface area contributed by atoms with Crippen molar-refractivity contribution in [2.75, 3.05) is 13.1 Å². The van der Waals surface area contributed by atoms with Crippen molar-refractivity contribution in [2.45, 2.75) is 45.1 Å². The van der Waals surface area contributed by atoms with Gasteiger partial charge >= 0.3 is 5.97 Å². The number of benzene rings is 1. The number of pyridine rings is 1. The first-order valence-electron chi connectivity index (χ1n) is 11.9. The number of imidazole rings is 1. The lowest BCUT2D eigenvalue weighted by Crippen LogP contribution is -2.32. The molecule has 9 heteroatoms. The second kappa shape index (κ2) is 9.70. The summed E-state index contributed by atoms with van der Waals surface area (Å²) in [6.45, 7) is 2.97. The Labute approximate surface area is 208 Å². The van der Waals surface area contributed by atoms with Crippen molar-refractivity contribution in [3.05, 3.63) is 47.0 Å². The molecule has 0 unspecified atom stereocenters. The predicted molar refractivity (Wildman–Crippen MR) is 133 cm³/mol. The van der Waals surface area contributed by atoms with E-state index in [1.807, 2.05) is 17.0 Å². The average molecular weight is 495 g/mol. The van der Waals surface area contributed by atoms with Crippen LogP contribution >= 0.6 is 11.6 Å². The summed E-state index contributed by atoms with van der Waals surface area (Å²) < 4.78 is 5.99. The number of nitrogens with zero attached hydrogens (tertiary/aromatic N) is 3. The molecular weight excluding hydrogens is 468 g/mol. The molecule has 3 aromatic rings. The van der Waals surface area contributed by atoms with Crippen LogP contribution in [-0.4, -0.2) is 56.0 Å². The molecular formula is C26H27ClN4O4. The highest BCUT2D eigenvalue weighted by molar-refractivity contribution is 6.33. The topological polar surface area (TPSA) is 108 Å². The number of carboxylic acid groups (broad SMARTS) is 1. The van der Waals surface area contributed by atoms with Crippen LogP contribution in [0.15, 0.2) is 36.4 Å². The monoisotopic (exact) mass is 494 g/mol. The fourth-order valence-corrected chi connectivity index (χ4v) is 5.06. The minimum atomic E-state index is -0.735. The Morgan fingerprint density at radius 2 is 1.83 bits per heavy atom. The first kappa shape index (κ1) is 23.4. The van der Waals surface area contributed by atoms with Gasteiger partial charge in [0, 0.05) is 25.6 Å². The number of carbonyl (C=O) groups is 2. The van der Waals surface area contributed by atoms with Crippen molar-refractivity contribution in [2.24, 2.45) is 5.92 Å². The SMILES string of the molecule is CC(=O)N1CC=C(c2ccc(-c3nc4nc(O[C@H]5CC[C@H](C(=O)O)CC5)[nH]c4cc3Cl)cc2)CC1. The van der Waals surface area contributed by atoms with Gasteiger partial charge in [-0.05, 0) is 49.3 Å². The molecule has 0 atom stereocenters. The van der Waals surface area contributed by atoms with Crippen molar-refractivity contribution in [1.82, 2.24) is 19.9 Å². The van der Waals surface area contributed by atoms with E-state index < -0.39 is 5.97 Å². The minimum Gasteiger partial charge on any atom is -0.481 e. The highest BCUT2D eigenvalue weighted by Crippen LogP contribution is 2.32. The number of aliphatic carboxylic acids is 1. The summed E-state index contributed by atoms with van der Waals surface area (Å²) in [5.74, 6) is -0.921. The first-order valence-corrected chi connectivity index (χ1v) is 12.3. The number of hydrogen-bond donors (Lipinski definition) is 2. The third-order valence-electron chi connectivity index (χ3n) is 6.89. The van der Waals surface area contributed by atoms with Crippen LogP contribution in [0, 0.1) is 5.92 Å². The van der Waals surface area contributed by atoms with E-state index in [1.165, 1.54) is 5.57 Å². The fraction of sp³-hybridized carbons (Fsp3) is 0.385. The summed E-state index contributed by atoms with van der Waals surface area (Å²) in [5, 5.41) is 9.68. The molecule has 2 N–H and O–H groups in total. The van der Waals surface area contributed by atoms with E-state index in [0.717, 1.165) is 24.1 Å². The largest absolute Gasteiger partial charge is 0.481 e. The number of nitrogens with one attached hydrogen (secondary N) is 1. The predicted octanol–water partition coefficient (Wildman–Crippen LogP) is 4.94. The van der Waals surface area contributed by atoms with Crippen molar-refractivity contribution in [3.63, 3.8) is 0 Å². The van der Waals surface area contributed by atoms with Gasteiger partial charge < -0.3 is 19.7 Å². The Balaban J connectivity index is 1.30. The van der Waals surface area contributed by atoms with Crippen LogP contribution in [0.3, 0.4) is 0 Å². The number of fused-ring (bicyclic) bond motifs is 1. The first-order chi connectivity index (χ1) is 16.9. The summed E-state index contributed by atoms with van der Waals surface area (Å²) in [6, 6.07) is 10.3. The molecule has 0 bridgehead atoms. The van der Waals surface area contributed by atoms with E-state index >= 15 is 0 Å². The Bertz CT molecular complexity index is 1290. The molecule has 5 rings (SSSR count). The second-order valence-corrected chi connectivity index (χ2v) is 9.59. The Kier molecular flexibility index (Phi) is 6.47. The quantitative estimate of drug-likeness (QED) is 0.520. The summed E-state index contributed by atoms with van der Waals surface area (Å²) >= 11 is 6.56. The molecule has 0 spiro atoms. The van der Waals surface area contributed by atoms with Gasteiger partial charge in [-0.25, -0.2) is 4.98 Å². The molecule has 2 aliphatic rings. The number of rotatable bonds is 5. The molecule has 0 saturated heterocycles. The number of halogens is 1. The number of carbonyl (C=O) groups excluding carboxylic acids is 1. The number of hydrogen-bond acceptors (Lipinski definition) is 5. The number of amides is 1. The molecule has 1 aromatic carbocycles. The third kappa shape index (κ3) is 5.03. The number of H-pyrrole nitrogens is 1. The minimum absolute atomic E-state index is 0.0646. The highest BCUT2D eigenvalue weighted by Gasteiger charge is 2.27. The Hall–Kier alpha value is -3.39. The standard InChI is InChI=1S/C26H27ClN4O4/c1-15(32)31-12-10-17(11-13-31)16-2-4-18(5-3-16)23-21(27)14-22-24(29-23)30-26(28-22)35-20-8-6-19(7-9-20)25(33)34/h2-5,10,14,19-20H,6-9,11-13H2,1H3,(H,33,34)(H,28,29,30)/t19-,20-. The number of carboxylic acids is 1. The van der Waals surface area contributed by atoms with Gasteiger partial charge in [0.2, 0.25) is 5.91 Å². The number of ether oxygens (including phenoxy) is 1. The van der Waals surface area contributed by atoms with Gasteiger partial charge in [-0.15, -0.1) is 0 Å². The molecule has 1 aliphatic carbocycles. The molecule has 0 radical (unpaired) electrons. The summed E-state index contributed by atoms with van der Waals surface area (Å²) in [5.41, 5.74) is 5.09. The zero-order valence-electron chi connectivity index (χ0n) is 19.5. The van der Waals surface area contributed by atoms with Crippen LogP contribution in [0.4, 0.5) is 0 Å². The lowest BCUT2D eigenvalue weighted by Gasteiger charge is -2.25. The van der Waals surface area contributed by atoms with Crippen molar-refractivity contribution in [3.8, 4) is 17.3 Å². The van der Waals surface area contributed by atoms with E-state index in [1.54, 1.807) is 13.0 Å². The van der Waals surface area contributed by atoms with Gasteiger partial charge in [0.05, 0.1) is 22.2 Å². The van der Waals surface area contributed by atoms with Crippen LogP contribution in [0.2, 0.25) is 5.02 Å². The lowest BCUT2D eigenvalue weighted by molar-refractivity contribution is -0.143. The van der Waals surface area contributed by atoms with Gasteiger partial charge in [0.25, 0.3) is 6.01 Å². The molecule has 3 heterocycles. The Morgan fingerprint density at radius 3 is 2.46 bits per heavy atom. The van der Waals surface area contributed by atoms with Gasteiger partial charge in [-0.3, -0.25) is 9.59 Å². The van der Waals surface area contributed by atoms with Gasteiger partial charge in [-0.1, -0.05) is 41.9 Å². The highest BCUT2D eigenvalue weighted by atomic mass is 35.5. The lowest BCUT2D eigenvalue weighted by atomic mass is 9.87. The van der Waals surface area contributed by atoms with Crippen LogP contribution in [0.1, 0.15) is 44.6 Å². The van der Waals surface area contributed by atoms with E-state index in [0.29, 0.717) is 60.1 Å². The summed E-state index contributed by atoms with van der Waals surface area (Å²) in [4.78, 5) is 36.8. The van der Waals surface area contributed by atoms with Crippen LogP contribution in [0.25, 0.3) is 28.0 Å². The third-order valence-corrected chi connectivity index (χ3v) is 7.18. The molecule has 1 fully saturated rings. The van der Waals surface area contributed by atoms with Crippen molar-refractivity contribution >= 4 is 40.2 Å². The van der Waals surface area contributed by atoms with Crippen LogP contribution in [0.5, 0.6) is 6.01 Å². The van der Waals surface area contributed by atoms with Crippen molar-refractivity contribution in [1.29, 1.82) is 0 Å². The summed E-state index contributed by atoms with van der Waals surface area (Å²) in [7, 11) is 0. The van der Waals surface area contributed by atoms with E-state index in [2.05, 4.69) is 33.2 Å². The molecule has 35 heavy (non-hydrogen) atoms. The number of aromatic nitrogens is 3. The van der Waals surface area contributed by atoms with Crippen LogP contribution < -0.4 is 4.74 Å². The molecule has 182 valence electrons. The average Bonchev–Trinajstić information content (AvgIpc) is 3.25. The van der Waals surface area contributed by atoms with Gasteiger partial charge in [0.15, 0.2) is 5.65 Å². The fourth-order valence-electron chi connectivity index (χ4n) is 4.80. The number of aromatic amines is 1. The Morgan fingerprint density at radius 1 is 1.11 bits per heavy atom. The van der Waals surface area contributed by atoms with Gasteiger partial charge in [0.1, 0.15) is 6.10 Å². The zero-order chi connectivity index (χ0) is 24.5. The smallest absolute Gasteiger partial charge is 0.306 e. The molecule has 1 saturated carbocycles. The summed E-state index contributed by atoms with van der Waals surface area (Å²) in [6.07, 6.45) is 5.46. The zero-order valence-corrected chi connectivity index (χ0v) is 20.2. The maximum atomic E-state index is 11.5. The molecule has 8 nitrogen and oxygen atoms in total. The van der Waals surface area contributed by atoms with E-state index in [4.69, 9.17) is 21.4 Å². The molecule has 1 amide bonds. The van der Waals surface area contributed by atoms with Crippen LogP contribution in [-0.2, 0) is 9.59 Å². The van der Waals surface area contributed by atoms with Gasteiger partial charge in [-0.2, -0.15) is 4.98 Å². The molecule has 1 aliphatic heterocycles. The maximum Gasteiger partial charge on any atom is 0.306 e. The maximum absolute atomic E-state index is 11.5. The van der Waals surface area contributed by atoms with Crippen molar-refractivity contribution < 1.29 is 19.4 Å². The molecule has 2 aromatic heterocycles. The second-order valence-electron chi connectivity index (χ2n) is 9.18. The van der Waals surface area contributed by atoms with E-state index in [9.17, 15) is 9.59 Å². The van der Waals surface area contributed by atoms with E-state index in [-0.39, 0.29) is 17.9 Å². The normalized spacial score (nSPS) is 20.5.